The van der Waals surface area contributed by atoms with Gasteiger partial charge in [0.05, 0.1) is 12.5 Å². The molecule has 4 rings (SSSR count). The maximum atomic E-state index is 12.9. The first-order chi connectivity index (χ1) is 14.1. The SMILES string of the molecule is COc1cccc(Oc2c(C)oc3cc(OCc4ccccc4)ccc3c2=O)c1. The first-order valence-electron chi connectivity index (χ1n) is 9.20. The Morgan fingerprint density at radius 3 is 2.45 bits per heavy atom. The van der Waals surface area contributed by atoms with Gasteiger partial charge in [0.25, 0.3) is 0 Å². The van der Waals surface area contributed by atoms with Crippen LogP contribution >= 0.6 is 0 Å². The lowest BCUT2D eigenvalue weighted by Gasteiger charge is -2.11. The van der Waals surface area contributed by atoms with Crippen molar-refractivity contribution in [1.29, 1.82) is 0 Å². The van der Waals surface area contributed by atoms with Crippen LogP contribution in [0.4, 0.5) is 0 Å². The highest BCUT2D eigenvalue weighted by molar-refractivity contribution is 5.79. The van der Waals surface area contributed by atoms with E-state index in [2.05, 4.69) is 0 Å². The average Bonchev–Trinajstić information content (AvgIpc) is 2.76. The summed E-state index contributed by atoms with van der Waals surface area (Å²) in [7, 11) is 1.58. The lowest BCUT2D eigenvalue weighted by molar-refractivity contribution is 0.306. The number of hydrogen-bond donors (Lipinski definition) is 0. The molecule has 0 bridgehead atoms. The highest BCUT2D eigenvalue weighted by Gasteiger charge is 2.15. The van der Waals surface area contributed by atoms with Gasteiger partial charge in [0, 0.05) is 12.1 Å². The molecule has 5 nitrogen and oxygen atoms in total. The van der Waals surface area contributed by atoms with E-state index in [9.17, 15) is 4.79 Å². The number of methoxy groups -OCH3 is 1. The van der Waals surface area contributed by atoms with E-state index >= 15 is 0 Å². The molecule has 0 aliphatic rings. The molecular weight excluding hydrogens is 368 g/mol. The van der Waals surface area contributed by atoms with Gasteiger partial charge in [-0.05, 0) is 36.8 Å². The molecule has 0 saturated carbocycles. The Labute approximate surface area is 168 Å². The van der Waals surface area contributed by atoms with E-state index in [0.29, 0.717) is 40.6 Å². The molecule has 1 aromatic heterocycles. The van der Waals surface area contributed by atoms with Crippen LogP contribution < -0.4 is 19.6 Å². The molecule has 0 unspecified atom stereocenters. The van der Waals surface area contributed by atoms with Gasteiger partial charge < -0.3 is 18.6 Å². The summed E-state index contributed by atoms with van der Waals surface area (Å²) in [5.74, 6) is 2.33. The first kappa shape index (κ1) is 18.6. The van der Waals surface area contributed by atoms with Crippen LogP contribution in [0.5, 0.6) is 23.0 Å². The largest absolute Gasteiger partial charge is 0.497 e. The van der Waals surface area contributed by atoms with Crippen molar-refractivity contribution in [2.45, 2.75) is 13.5 Å². The normalized spacial score (nSPS) is 10.7. The van der Waals surface area contributed by atoms with Crippen LogP contribution in [0.1, 0.15) is 11.3 Å². The molecule has 0 N–H and O–H groups in total. The third kappa shape index (κ3) is 4.09. The first-order valence-corrected chi connectivity index (χ1v) is 9.20. The number of hydrogen-bond acceptors (Lipinski definition) is 5. The van der Waals surface area contributed by atoms with Gasteiger partial charge in [0.15, 0.2) is 0 Å². The fourth-order valence-corrected chi connectivity index (χ4v) is 3.00. The van der Waals surface area contributed by atoms with Crippen LogP contribution in [0.3, 0.4) is 0 Å². The molecule has 3 aromatic carbocycles. The average molecular weight is 388 g/mol. The van der Waals surface area contributed by atoms with Crippen molar-refractivity contribution in [3.63, 3.8) is 0 Å². The van der Waals surface area contributed by atoms with E-state index < -0.39 is 0 Å². The number of rotatable bonds is 6. The van der Waals surface area contributed by atoms with Crippen molar-refractivity contribution in [2.24, 2.45) is 0 Å². The Kier molecular flexibility index (Phi) is 5.20. The van der Waals surface area contributed by atoms with Gasteiger partial charge in [-0.2, -0.15) is 0 Å². The van der Waals surface area contributed by atoms with E-state index in [0.717, 1.165) is 5.56 Å². The molecule has 0 spiro atoms. The maximum Gasteiger partial charge on any atom is 0.235 e. The van der Waals surface area contributed by atoms with Crippen LogP contribution in [0.15, 0.2) is 82.0 Å². The third-order valence-electron chi connectivity index (χ3n) is 4.50. The van der Waals surface area contributed by atoms with Crippen molar-refractivity contribution < 1.29 is 18.6 Å². The van der Waals surface area contributed by atoms with Crippen LogP contribution in [0.25, 0.3) is 11.0 Å². The van der Waals surface area contributed by atoms with Crippen LogP contribution in [0, 0.1) is 6.92 Å². The van der Waals surface area contributed by atoms with Gasteiger partial charge in [-0.15, -0.1) is 0 Å². The monoisotopic (exact) mass is 388 g/mol. The summed E-state index contributed by atoms with van der Waals surface area (Å²) in [5, 5.41) is 0.431. The summed E-state index contributed by atoms with van der Waals surface area (Å²) >= 11 is 0. The predicted molar refractivity (Wildman–Crippen MR) is 111 cm³/mol. The van der Waals surface area contributed by atoms with Crippen LogP contribution in [0.2, 0.25) is 0 Å². The van der Waals surface area contributed by atoms with Gasteiger partial charge in [-0.1, -0.05) is 36.4 Å². The van der Waals surface area contributed by atoms with E-state index in [-0.39, 0.29) is 11.2 Å². The molecule has 146 valence electrons. The van der Waals surface area contributed by atoms with Gasteiger partial charge >= 0.3 is 0 Å². The van der Waals surface area contributed by atoms with Gasteiger partial charge in [-0.3, -0.25) is 4.79 Å². The second kappa shape index (κ2) is 8.10. The van der Waals surface area contributed by atoms with Crippen molar-refractivity contribution in [2.75, 3.05) is 7.11 Å². The minimum Gasteiger partial charge on any atom is -0.497 e. The molecule has 29 heavy (non-hydrogen) atoms. The highest BCUT2D eigenvalue weighted by atomic mass is 16.5. The maximum absolute atomic E-state index is 12.9. The summed E-state index contributed by atoms with van der Waals surface area (Å²) in [5.41, 5.74) is 1.28. The highest BCUT2D eigenvalue weighted by Crippen LogP contribution is 2.29. The number of fused-ring (bicyclic) bond motifs is 1. The second-order valence-electron chi connectivity index (χ2n) is 6.53. The minimum atomic E-state index is -0.235. The molecule has 0 radical (unpaired) electrons. The van der Waals surface area contributed by atoms with E-state index in [4.69, 9.17) is 18.6 Å². The van der Waals surface area contributed by atoms with Crippen molar-refractivity contribution in [3.8, 4) is 23.0 Å². The Morgan fingerprint density at radius 1 is 0.862 bits per heavy atom. The van der Waals surface area contributed by atoms with Gasteiger partial charge in [-0.25, -0.2) is 0 Å². The van der Waals surface area contributed by atoms with E-state index in [1.165, 1.54) is 0 Å². The molecule has 0 aliphatic heterocycles. The minimum absolute atomic E-state index is 0.156. The van der Waals surface area contributed by atoms with E-state index in [1.54, 1.807) is 56.5 Å². The molecule has 0 saturated heterocycles. The third-order valence-corrected chi connectivity index (χ3v) is 4.50. The Morgan fingerprint density at radius 2 is 1.66 bits per heavy atom. The molecular formula is C24H20O5. The molecule has 0 atom stereocenters. The fourth-order valence-electron chi connectivity index (χ4n) is 3.00. The molecule has 4 aromatic rings. The zero-order valence-corrected chi connectivity index (χ0v) is 16.2. The molecule has 0 amide bonds. The number of benzene rings is 3. The summed E-state index contributed by atoms with van der Waals surface area (Å²) in [4.78, 5) is 12.9. The Hall–Kier alpha value is -3.73. The Balaban J connectivity index is 1.62. The lowest BCUT2D eigenvalue weighted by Crippen LogP contribution is -2.07. The summed E-state index contributed by atoms with van der Waals surface area (Å²) in [6.07, 6.45) is 0. The smallest absolute Gasteiger partial charge is 0.235 e. The molecule has 0 aliphatic carbocycles. The summed E-state index contributed by atoms with van der Waals surface area (Å²) < 4.78 is 22.7. The van der Waals surface area contributed by atoms with Gasteiger partial charge in [0.2, 0.25) is 11.2 Å². The predicted octanol–water partition coefficient (Wildman–Crippen LogP) is 5.48. The van der Waals surface area contributed by atoms with Crippen molar-refractivity contribution >= 4 is 11.0 Å². The zero-order valence-electron chi connectivity index (χ0n) is 16.2. The second-order valence-corrected chi connectivity index (χ2v) is 6.53. The topological polar surface area (TPSA) is 57.9 Å². The number of ether oxygens (including phenoxy) is 3. The Bertz CT molecular complexity index is 1200. The van der Waals surface area contributed by atoms with Crippen LogP contribution in [-0.4, -0.2) is 7.11 Å². The molecule has 5 heteroatoms. The fraction of sp³-hybridized carbons (Fsp3) is 0.125. The molecule has 0 fully saturated rings. The van der Waals surface area contributed by atoms with Crippen molar-refractivity contribution in [1.82, 2.24) is 0 Å². The van der Waals surface area contributed by atoms with Gasteiger partial charge in [0.1, 0.15) is 35.2 Å². The summed E-state index contributed by atoms with van der Waals surface area (Å²) in [6, 6.07) is 22.1. The number of aryl methyl sites for hydroxylation is 1. The van der Waals surface area contributed by atoms with Crippen LogP contribution in [-0.2, 0) is 6.61 Å². The van der Waals surface area contributed by atoms with E-state index in [1.807, 2.05) is 30.3 Å². The standard InChI is InChI=1S/C24H20O5/c1-16-24(29-20-10-6-9-18(13-20)26-2)23(25)21-12-11-19(14-22(21)28-16)27-15-17-7-4-3-5-8-17/h3-14H,15H2,1-2H3. The zero-order chi connectivity index (χ0) is 20.2. The summed E-state index contributed by atoms with van der Waals surface area (Å²) in [6.45, 7) is 2.14. The molecule has 1 heterocycles. The van der Waals surface area contributed by atoms with Crippen molar-refractivity contribution in [3.05, 3.63) is 94.3 Å². The lowest BCUT2D eigenvalue weighted by atomic mass is 10.2. The quantitative estimate of drug-likeness (QED) is 0.438.